The van der Waals surface area contributed by atoms with E-state index in [0.29, 0.717) is 30.9 Å². The Bertz CT molecular complexity index is 742. The Balaban J connectivity index is 1.39. The second-order valence-corrected chi connectivity index (χ2v) is 7.74. The number of ether oxygens (including phenoxy) is 3. The van der Waals surface area contributed by atoms with Crippen molar-refractivity contribution >= 4 is 27.5 Å². The van der Waals surface area contributed by atoms with Gasteiger partial charge < -0.3 is 19.5 Å². The van der Waals surface area contributed by atoms with Crippen LogP contribution in [0.3, 0.4) is 0 Å². The topological polar surface area (TPSA) is 69.7 Å². The van der Waals surface area contributed by atoms with Crippen LogP contribution in [0.4, 0.5) is 0 Å². The fourth-order valence-electron chi connectivity index (χ4n) is 2.99. The molecule has 26 heavy (non-hydrogen) atoms. The number of benzene rings is 1. The van der Waals surface area contributed by atoms with Gasteiger partial charge in [0.15, 0.2) is 0 Å². The summed E-state index contributed by atoms with van der Waals surface area (Å²) in [6.45, 7) is 7.31. The van der Waals surface area contributed by atoms with Gasteiger partial charge in [0.25, 0.3) is 5.19 Å². The molecular formula is C19H26N2O4S. The van der Waals surface area contributed by atoms with Crippen LogP contribution < -0.4 is 14.8 Å². The van der Waals surface area contributed by atoms with Gasteiger partial charge in [0.05, 0.1) is 36.1 Å². The maximum absolute atomic E-state index is 11.0. The van der Waals surface area contributed by atoms with Crippen molar-refractivity contribution in [3.05, 3.63) is 18.2 Å². The van der Waals surface area contributed by atoms with Gasteiger partial charge in [-0.1, -0.05) is 11.3 Å². The number of hydrogen-bond acceptors (Lipinski definition) is 6. The summed E-state index contributed by atoms with van der Waals surface area (Å²) in [6, 6.07) is 6.01. The molecule has 6 nitrogen and oxygen atoms in total. The van der Waals surface area contributed by atoms with Crippen molar-refractivity contribution < 1.29 is 19.0 Å². The van der Waals surface area contributed by atoms with Crippen LogP contribution in [0.15, 0.2) is 18.2 Å². The number of hydrogen-bond donors (Lipinski definition) is 1. The van der Waals surface area contributed by atoms with E-state index in [2.05, 4.69) is 10.3 Å². The van der Waals surface area contributed by atoms with Crippen LogP contribution in [0, 0.1) is 5.92 Å². The molecule has 1 atom stereocenters. The largest absolute Gasteiger partial charge is 0.493 e. The van der Waals surface area contributed by atoms with E-state index >= 15 is 0 Å². The zero-order valence-electron chi connectivity index (χ0n) is 15.5. The number of fused-ring (bicyclic) bond motifs is 1. The van der Waals surface area contributed by atoms with Crippen LogP contribution in [0.5, 0.6) is 10.9 Å². The highest BCUT2D eigenvalue weighted by molar-refractivity contribution is 7.20. The summed E-state index contributed by atoms with van der Waals surface area (Å²) in [5.41, 5.74) is 0.941. The zero-order chi connectivity index (χ0) is 18.5. The number of carbonyl (C=O) groups is 1. The molecule has 7 heteroatoms. The van der Waals surface area contributed by atoms with Gasteiger partial charge in [0.1, 0.15) is 5.75 Å². The highest BCUT2D eigenvalue weighted by atomic mass is 32.1. The summed E-state index contributed by atoms with van der Waals surface area (Å²) < 4.78 is 18.3. The number of thiazole rings is 1. The minimum Gasteiger partial charge on any atom is -0.493 e. The third-order valence-electron chi connectivity index (χ3n) is 4.32. The van der Waals surface area contributed by atoms with Gasteiger partial charge in [-0.3, -0.25) is 4.79 Å². The van der Waals surface area contributed by atoms with E-state index in [1.807, 2.05) is 32.0 Å². The summed E-state index contributed by atoms with van der Waals surface area (Å²) >= 11 is 1.54. The molecule has 1 saturated carbocycles. The molecule has 2 aromatic rings. The molecule has 1 aromatic heterocycles. The first-order chi connectivity index (χ1) is 12.5. The second kappa shape index (κ2) is 8.68. The summed E-state index contributed by atoms with van der Waals surface area (Å²) in [5, 5.41) is 3.53. The monoisotopic (exact) mass is 378 g/mol. The van der Waals surface area contributed by atoms with Gasteiger partial charge in [0, 0.05) is 13.0 Å². The van der Waals surface area contributed by atoms with Crippen molar-refractivity contribution in [3.8, 4) is 10.9 Å². The van der Waals surface area contributed by atoms with E-state index in [-0.39, 0.29) is 18.1 Å². The fourth-order valence-corrected chi connectivity index (χ4v) is 3.89. The molecule has 3 rings (SSSR count). The minimum atomic E-state index is -0.0210. The van der Waals surface area contributed by atoms with Crippen LogP contribution >= 0.6 is 11.3 Å². The first-order valence-electron chi connectivity index (χ1n) is 9.08. The molecule has 1 N–H and O–H groups in total. The van der Waals surface area contributed by atoms with Crippen LogP contribution in [-0.2, 0) is 9.53 Å². The van der Waals surface area contributed by atoms with E-state index < -0.39 is 0 Å². The molecule has 0 unspecified atom stereocenters. The lowest BCUT2D eigenvalue weighted by Crippen LogP contribution is -2.40. The standard InChI is InChI=1S/C19H26N2O4S/c1-4-23-19-21-17-6-5-15(9-18(17)26-19)25-11-14-7-16(8-14)24-10-12(2)20-13(3)22/h5-6,9,12,14,16H,4,7-8,10-11H2,1-3H3,(H,20,22)/t12-,14?,16?/m0/s1. The molecule has 0 bridgehead atoms. The normalized spacial score (nSPS) is 20.4. The molecule has 1 fully saturated rings. The molecule has 1 amide bonds. The first kappa shape index (κ1) is 18.9. The predicted octanol–water partition coefficient (Wildman–Crippen LogP) is 3.39. The van der Waals surface area contributed by atoms with E-state index in [1.165, 1.54) is 6.92 Å². The first-order valence-corrected chi connectivity index (χ1v) is 9.90. The molecule has 0 saturated heterocycles. The Morgan fingerprint density at radius 2 is 2.19 bits per heavy atom. The Hall–Kier alpha value is -1.86. The van der Waals surface area contributed by atoms with Gasteiger partial charge in [-0.15, -0.1) is 0 Å². The average Bonchev–Trinajstić information content (AvgIpc) is 2.94. The highest BCUT2D eigenvalue weighted by Gasteiger charge is 2.30. The predicted molar refractivity (Wildman–Crippen MR) is 102 cm³/mol. The Morgan fingerprint density at radius 3 is 2.92 bits per heavy atom. The Kier molecular flexibility index (Phi) is 6.32. The summed E-state index contributed by atoms with van der Waals surface area (Å²) in [4.78, 5) is 15.4. The lowest BCUT2D eigenvalue weighted by Gasteiger charge is -2.35. The van der Waals surface area contributed by atoms with Gasteiger partial charge in [0.2, 0.25) is 5.91 Å². The average molecular weight is 378 g/mol. The number of rotatable bonds is 9. The van der Waals surface area contributed by atoms with Crippen LogP contribution in [0.25, 0.3) is 10.2 Å². The van der Waals surface area contributed by atoms with Crippen molar-refractivity contribution in [2.24, 2.45) is 5.92 Å². The molecule has 0 spiro atoms. The number of nitrogens with one attached hydrogen (secondary N) is 1. The molecule has 0 aliphatic heterocycles. The quantitative estimate of drug-likeness (QED) is 0.724. The number of carbonyl (C=O) groups excluding carboxylic acids is 1. The molecule has 1 aliphatic carbocycles. The van der Waals surface area contributed by atoms with Gasteiger partial charge in [-0.05, 0) is 50.8 Å². The smallest absolute Gasteiger partial charge is 0.274 e. The van der Waals surface area contributed by atoms with Crippen molar-refractivity contribution in [1.29, 1.82) is 0 Å². The van der Waals surface area contributed by atoms with Crippen molar-refractivity contribution in [2.75, 3.05) is 19.8 Å². The molecule has 0 radical (unpaired) electrons. The van der Waals surface area contributed by atoms with E-state index in [0.717, 1.165) is 28.8 Å². The van der Waals surface area contributed by atoms with E-state index in [4.69, 9.17) is 14.2 Å². The van der Waals surface area contributed by atoms with Gasteiger partial charge >= 0.3 is 0 Å². The summed E-state index contributed by atoms with van der Waals surface area (Å²) in [6.07, 6.45) is 2.28. The second-order valence-electron chi connectivity index (χ2n) is 6.75. The molecule has 1 aliphatic rings. The summed E-state index contributed by atoms with van der Waals surface area (Å²) in [7, 11) is 0. The molecule has 1 aromatic carbocycles. The fraction of sp³-hybridized carbons (Fsp3) is 0.579. The maximum atomic E-state index is 11.0. The Morgan fingerprint density at radius 1 is 1.38 bits per heavy atom. The van der Waals surface area contributed by atoms with Crippen LogP contribution in [0.2, 0.25) is 0 Å². The molecule has 1 heterocycles. The zero-order valence-corrected chi connectivity index (χ0v) is 16.3. The van der Waals surface area contributed by atoms with Gasteiger partial charge in [-0.2, -0.15) is 0 Å². The lowest BCUT2D eigenvalue weighted by molar-refractivity contribution is -0.120. The third-order valence-corrected chi connectivity index (χ3v) is 5.25. The van der Waals surface area contributed by atoms with Gasteiger partial charge in [-0.25, -0.2) is 4.98 Å². The Labute approximate surface area is 157 Å². The maximum Gasteiger partial charge on any atom is 0.274 e. The highest BCUT2D eigenvalue weighted by Crippen LogP contribution is 2.33. The lowest BCUT2D eigenvalue weighted by atomic mass is 9.83. The SMILES string of the molecule is CCOc1nc2ccc(OCC3CC(OC[C@H](C)NC(C)=O)C3)cc2s1. The number of aromatic nitrogens is 1. The number of amides is 1. The summed E-state index contributed by atoms with van der Waals surface area (Å²) in [5.74, 6) is 1.37. The van der Waals surface area contributed by atoms with E-state index in [1.54, 1.807) is 11.3 Å². The van der Waals surface area contributed by atoms with Crippen LogP contribution in [-0.4, -0.2) is 42.9 Å². The van der Waals surface area contributed by atoms with Crippen molar-refractivity contribution in [1.82, 2.24) is 10.3 Å². The third kappa shape index (κ3) is 5.08. The molecule has 142 valence electrons. The van der Waals surface area contributed by atoms with Crippen LogP contribution in [0.1, 0.15) is 33.6 Å². The molecular weight excluding hydrogens is 352 g/mol. The van der Waals surface area contributed by atoms with Crippen molar-refractivity contribution in [3.63, 3.8) is 0 Å². The minimum absolute atomic E-state index is 0.0210. The number of nitrogens with zero attached hydrogens (tertiary/aromatic N) is 1. The van der Waals surface area contributed by atoms with Crippen molar-refractivity contribution in [2.45, 2.75) is 45.8 Å². The van der Waals surface area contributed by atoms with E-state index in [9.17, 15) is 4.79 Å².